The molecule has 1 amide bonds. The second kappa shape index (κ2) is 10.5. The fourth-order valence-corrected chi connectivity index (χ4v) is 5.92. The highest BCUT2D eigenvalue weighted by molar-refractivity contribution is 7.92. The van der Waals surface area contributed by atoms with E-state index >= 15 is 0 Å². The van der Waals surface area contributed by atoms with E-state index in [0.29, 0.717) is 32.7 Å². The highest BCUT2D eigenvalue weighted by Gasteiger charge is 2.24. The zero-order chi connectivity index (χ0) is 25.9. The fraction of sp³-hybridized carbons (Fsp3) is 0.192. The van der Waals surface area contributed by atoms with Crippen LogP contribution in [0.4, 0.5) is 5.69 Å². The molecule has 10 heteroatoms. The minimum absolute atomic E-state index is 0.141. The average Bonchev–Trinajstić information content (AvgIpc) is 3.21. The number of benzene rings is 3. The van der Waals surface area contributed by atoms with Gasteiger partial charge >= 0.3 is 5.97 Å². The van der Waals surface area contributed by atoms with Gasteiger partial charge in [0.1, 0.15) is 6.04 Å². The average molecular weight is 524 g/mol. The Hall–Kier alpha value is -3.76. The van der Waals surface area contributed by atoms with Gasteiger partial charge in [-0.3, -0.25) is 9.52 Å². The fourth-order valence-electron chi connectivity index (χ4n) is 3.74. The number of nitrogens with zero attached hydrogens (tertiary/aromatic N) is 2. The number of anilines is 1. The van der Waals surface area contributed by atoms with Crippen molar-refractivity contribution in [2.24, 2.45) is 4.99 Å². The Kier molecular flexibility index (Phi) is 7.37. The van der Waals surface area contributed by atoms with Crippen molar-refractivity contribution in [1.82, 2.24) is 4.57 Å². The van der Waals surface area contributed by atoms with Crippen LogP contribution in [0.15, 0.2) is 82.7 Å². The summed E-state index contributed by atoms with van der Waals surface area (Å²) in [5, 5.41) is 0. The van der Waals surface area contributed by atoms with E-state index in [2.05, 4.69) is 9.71 Å². The van der Waals surface area contributed by atoms with Crippen LogP contribution in [0.2, 0.25) is 0 Å². The number of hydrogen-bond acceptors (Lipinski definition) is 6. The first-order valence-corrected chi connectivity index (χ1v) is 13.5. The molecule has 0 aliphatic rings. The van der Waals surface area contributed by atoms with Gasteiger partial charge in [0.2, 0.25) is 0 Å². The van der Waals surface area contributed by atoms with Gasteiger partial charge in [-0.2, -0.15) is 4.99 Å². The number of nitrogens with one attached hydrogen (secondary N) is 1. The molecule has 4 rings (SSSR count). The number of ether oxygens (including phenoxy) is 1. The number of thiazole rings is 1. The van der Waals surface area contributed by atoms with E-state index in [0.717, 1.165) is 5.56 Å². The Morgan fingerprint density at radius 2 is 1.75 bits per heavy atom. The first kappa shape index (κ1) is 25.3. The van der Waals surface area contributed by atoms with Gasteiger partial charge in [-0.1, -0.05) is 54.2 Å². The number of aryl methyl sites for hydroxylation is 1. The molecule has 0 aliphatic heterocycles. The number of carbonyl (C=O) groups is 2. The summed E-state index contributed by atoms with van der Waals surface area (Å²) >= 11 is 1.19. The quantitative estimate of drug-likeness (QED) is 0.354. The van der Waals surface area contributed by atoms with Gasteiger partial charge in [0, 0.05) is 5.56 Å². The highest BCUT2D eigenvalue weighted by Crippen LogP contribution is 2.27. The normalized spacial score (nSPS) is 12.9. The summed E-state index contributed by atoms with van der Waals surface area (Å²) in [5.74, 6) is -0.907. The summed E-state index contributed by atoms with van der Waals surface area (Å²) in [6.45, 7) is 3.77. The molecule has 0 fully saturated rings. The maximum absolute atomic E-state index is 12.9. The van der Waals surface area contributed by atoms with E-state index in [4.69, 9.17) is 4.74 Å². The lowest BCUT2D eigenvalue weighted by atomic mass is 10.1. The number of aromatic nitrogens is 1. The molecule has 1 heterocycles. The summed E-state index contributed by atoms with van der Waals surface area (Å²) in [6.07, 6.45) is 0.410. The number of hydrogen-bond donors (Lipinski definition) is 1. The molecule has 1 N–H and O–H groups in total. The molecule has 0 radical (unpaired) electrons. The number of amides is 1. The van der Waals surface area contributed by atoms with Gasteiger partial charge in [-0.05, 0) is 55.8 Å². The standard InChI is InChI=1S/C26H25N3O5S2/c1-4-21(25(31)34-3)29-22-15-14-19(28-36(32,33)20-8-6-5-7-9-20)16-23(22)35-26(29)27-24(30)18-12-10-17(2)11-13-18/h5-16,21,28H,4H2,1-3H3. The van der Waals surface area contributed by atoms with Gasteiger partial charge in [0.15, 0.2) is 4.80 Å². The van der Waals surface area contributed by atoms with E-state index < -0.39 is 27.9 Å². The van der Waals surface area contributed by atoms with Crippen LogP contribution in [-0.2, 0) is 19.6 Å². The number of methoxy groups -OCH3 is 1. The van der Waals surface area contributed by atoms with E-state index in [1.165, 1.54) is 30.6 Å². The van der Waals surface area contributed by atoms with Gasteiger partial charge < -0.3 is 9.30 Å². The summed E-state index contributed by atoms with van der Waals surface area (Å²) < 4.78 is 35.5. The molecule has 3 aromatic carbocycles. The van der Waals surface area contributed by atoms with Crippen LogP contribution < -0.4 is 9.52 Å². The van der Waals surface area contributed by atoms with E-state index in [-0.39, 0.29) is 4.90 Å². The molecule has 1 unspecified atom stereocenters. The van der Waals surface area contributed by atoms with Crippen molar-refractivity contribution in [2.45, 2.75) is 31.2 Å². The third kappa shape index (κ3) is 5.24. The van der Waals surface area contributed by atoms with Crippen LogP contribution in [0.3, 0.4) is 0 Å². The molecule has 36 heavy (non-hydrogen) atoms. The maximum atomic E-state index is 12.9. The zero-order valence-corrected chi connectivity index (χ0v) is 21.6. The molecule has 1 aromatic heterocycles. The molecule has 4 aromatic rings. The smallest absolute Gasteiger partial charge is 0.328 e. The van der Waals surface area contributed by atoms with Crippen molar-refractivity contribution >= 4 is 49.1 Å². The Morgan fingerprint density at radius 3 is 2.39 bits per heavy atom. The summed E-state index contributed by atoms with van der Waals surface area (Å²) in [5.41, 5.74) is 2.43. The van der Waals surface area contributed by atoms with E-state index in [1.54, 1.807) is 53.1 Å². The third-order valence-corrected chi connectivity index (χ3v) is 8.01. The van der Waals surface area contributed by atoms with Crippen molar-refractivity contribution in [3.05, 3.63) is 88.7 Å². The minimum Gasteiger partial charge on any atom is -0.467 e. The highest BCUT2D eigenvalue weighted by atomic mass is 32.2. The molecule has 0 saturated heterocycles. The van der Waals surface area contributed by atoms with Gasteiger partial charge in [0.05, 0.1) is 27.9 Å². The molecule has 0 saturated carbocycles. The van der Waals surface area contributed by atoms with Gasteiger partial charge in [-0.25, -0.2) is 13.2 Å². The predicted octanol–water partition coefficient (Wildman–Crippen LogP) is 4.68. The molecule has 1 atom stereocenters. The van der Waals surface area contributed by atoms with E-state index in [9.17, 15) is 18.0 Å². The van der Waals surface area contributed by atoms with Gasteiger partial charge in [-0.15, -0.1) is 0 Å². The largest absolute Gasteiger partial charge is 0.467 e. The lowest BCUT2D eigenvalue weighted by Crippen LogP contribution is -2.28. The topological polar surface area (TPSA) is 107 Å². The van der Waals surface area contributed by atoms with Crippen molar-refractivity contribution in [1.29, 1.82) is 0 Å². The second-order valence-corrected chi connectivity index (χ2v) is 10.8. The minimum atomic E-state index is -3.79. The van der Waals surface area contributed by atoms with E-state index in [1.807, 2.05) is 26.0 Å². The third-order valence-electron chi connectivity index (χ3n) is 5.60. The monoisotopic (exact) mass is 523 g/mol. The summed E-state index contributed by atoms with van der Waals surface area (Å²) in [7, 11) is -2.48. The summed E-state index contributed by atoms with van der Waals surface area (Å²) in [6, 6.07) is 19.4. The van der Waals surface area contributed by atoms with Crippen molar-refractivity contribution in [2.75, 3.05) is 11.8 Å². The Morgan fingerprint density at radius 1 is 1.06 bits per heavy atom. The number of rotatable bonds is 7. The molecule has 186 valence electrons. The Balaban J connectivity index is 1.83. The first-order valence-electron chi connectivity index (χ1n) is 11.2. The zero-order valence-electron chi connectivity index (χ0n) is 20.0. The van der Waals surface area contributed by atoms with Crippen LogP contribution in [0, 0.1) is 6.92 Å². The molecular weight excluding hydrogens is 498 g/mol. The van der Waals surface area contributed by atoms with Crippen LogP contribution in [0.25, 0.3) is 10.2 Å². The van der Waals surface area contributed by atoms with Crippen molar-refractivity contribution < 1.29 is 22.7 Å². The lowest BCUT2D eigenvalue weighted by Gasteiger charge is -2.16. The van der Waals surface area contributed by atoms with Crippen molar-refractivity contribution in [3.8, 4) is 0 Å². The predicted molar refractivity (Wildman–Crippen MR) is 139 cm³/mol. The first-order chi connectivity index (χ1) is 17.2. The van der Waals surface area contributed by atoms with Crippen LogP contribution in [0.5, 0.6) is 0 Å². The number of sulfonamides is 1. The Bertz CT molecular complexity index is 1590. The van der Waals surface area contributed by atoms with Crippen LogP contribution in [0.1, 0.15) is 35.3 Å². The summed E-state index contributed by atoms with van der Waals surface area (Å²) in [4.78, 5) is 30.3. The second-order valence-electron chi connectivity index (χ2n) is 8.09. The molecule has 0 bridgehead atoms. The Labute approximate surface area is 212 Å². The van der Waals surface area contributed by atoms with Gasteiger partial charge in [0.25, 0.3) is 15.9 Å². The van der Waals surface area contributed by atoms with Crippen LogP contribution in [-0.4, -0.2) is 32.0 Å². The molecule has 0 aliphatic carbocycles. The number of carbonyl (C=O) groups excluding carboxylic acids is 2. The lowest BCUT2D eigenvalue weighted by molar-refractivity contribution is -0.144. The van der Waals surface area contributed by atoms with Crippen molar-refractivity contribution in [3.63, 3.8) is 0 Å². The van der Waals surface area contributed by atoms with Crippen LogP contribution >= 0.6 is 11.3 Å². The molecule has 0 spiro atoms. The molecule has 8 nitrogen and oxygen atoms in total. The molecular formula is C26H25N3O5S2. The number of esters is 1. The maximum Gasteiger partial charge on any atom is 0.328 e. The SMILES string of the molecule is CCC(C(=O)OC)n1c(=NC(=O)c2ccc(C)cc2)sc2cc(NS(=O)(=O)c3ccccc3)ccc21. The number of fused-ring (bicyclic) bond motifs is 1.